The minimum atomic E-state index is -0.435. The van der Waals surface area contributed by atoms with Crippen molar-refractivity contribution in [1.29, 1.82) is 0 Å². The van der Waals surface area contributed by atoms with Crippen LogP contribution in [-0.4, -0.2) is 15.3 Å². The SMILES string of the molecule is CC.Cc1c(C)c(O)c(O)c(O)c1C. The quantitative estimate of drug-likeness (QED) is 0.562. The smallest absolute Gasteiger partial charge is 0.200 e. The molecule has 0 radical (unpaired) electrons. The van der Waals surface area contributed by atoms with Gasteiger partial charge in [0, 0.05) is 0 Å². The molecule has 3 heteroatoms. The van der Waals surface area contributed by atoms with Crippen LogP contribution in [0.15, 0.2) is 0 Å². The second kappa shape index (κ2) is 4.74. The van der Waals surface area contributed by atoms with Gasteiger partial charge < -0.3 is 15.3 Å². The lowest BCUT2D eigenvalue weighted by Gasteiger charge is -2.10. The molecule has 3 nitrogen and oxygen atoms in total. The molecule has 0 aliphatic carbocycles. The lowest BCUT2D eigenvalue weighted by atomic mass is 10.0. The number of rotatable bonds is 0. The van der Waals surface area contributed by atoms with Crippen LogP contribution in [0.25, 0.3) is 0 Å². The minimum absolute atomic E-state index is 0.240. The van der Waals surface area contributed by atoms with Crippen molar-refractivity contribution in [2.75, 3.05) is 0 Å². The third-order valence-corrected chi connectivity index (χ3v) is 2.28. The molecule has 0 heterocycles. The van der Waals surface area contributed by atoms with Gasteiger partial charge >= 0.3 is 0 Å². The molecule has 0 atom stereocenters. The van der Waals surface area contributed by atoms with E-state index in [0.717, 1.165) is 5.56 Å². The van der Waals surface area contributed by atoms with E-state index in [1.807, 2.05) is 13.8 Å². The lowest BCUT2D eigenvalue weighted by molar-refractivity contribution is 0.363. The van der Waals surface area contributed by atoms with Crippen molar-refractivity contribution in [3.63, 3.8) is 0 Å². The van der Waals surface area contributed by atoms with Gasteiger partial charge in [0.15, 0.2) is 11.5 Å². The average Bonchev–Trinajstić information content (AvgIpc) is 2.24. The number of phenols is 3. The first-order valence-electron chi connectivity index (χ1n) is 4.67. The Balaban J connectivity index is 0.000000791. The molecule has 3 N–H and O–H groups in total. The van der Waals surface area contributed by atoms with E-state index >= 15 is 0 Å². The lowest BCUT2D eigenvalue weighted by Crippen LogP contribution is -1.88. The Morgan fingerprint density at radius 1 is 0.571 bits per heavy atom. The van der Waals surface area contributed by atoms with Gasteiger partial charge in [-0.15, -0.1) is 0 Å². The van der Waals surface area contributed by atoms with Gasteiger partial charge in [-0.05, 0) is 37.5 Å². The van der Waals surface area contributed by atoms with Crippen molar-refractivity contribution in [2.24, 2.45) is 0 Å². The Kier molecular flexibility index (Phi) is 4.28. The van der Waals surface area contributed by atoms with Crippen molar-refractivity contribution >= 4 is 0 Å². The molecule has 80 valence electrons. The van der Waals surface area contributed by atoms with E-state index in [4.69, 9.17) is 0 Å². The summed E-state index contributed by atoms with van der Waals surface area (Å²) in [5.74, 6) is -0.915. The maximum Gasteiger partial charge on any atom is 0.200 e. The van der Waals surface area contributed by atoms with Crippen molar-refractivity contribution in [1.82, 2.24) is 0 Å². The Bertz CT molecular complexity index is 225. The highest BCUT2D eigenvalue weighted by Crippen LogP contribution is 2.41. The maximum atomic E-state index is 9.28. The minimum Gasteiger partial charge on any atom is -0.504 e. The van der Waals surface area contributed by atoms with Crippen LogP contribution in [0.5, 0.6) is 17.2 Å². The summed E-state index contributed by atoms with van der Waals surface area (Å²) in [6.45, 7) is 9.16. The molecule has 0 unspecified atom stereocenters. The second-order valence-electron chi connectivity index (χ2n) is 2.92. The van der Waals surface area contributed by atoms with E-state index in [1.54, 1.807) is 20.8 Å². The predicted octanol–water partition coefficient (Wildman–Crippen LogP) is 2.75. The van der Waals surface area contributed by atoms with Crippen LogP contribution < -0.4 is 0 Å². The van der Waals surface area contributed by atoms with E-state index in [1.165, 1.54) is 0 Å². The highest BCUT2D eigenvalue weighted by Gasteiger charge is 2.14. The molecule has 0 amide bonds. The normalized spacial score (nSPS) is 9.21. The van der Waals surface area contributed by atoms with Crippen molar-refractivity contribution < 1.29 is 15.3 Å². The number of phenolic OH excluding ortho intramolecular Hbond substituents is 3. The zero-order chi connectivity index (χ0) is 11.5. The largest absolute Gasteiger partial charge is 0.504 e. The highest BCUT2D eigenvalue weighted by molar-refractivity contribution is 5.60. The molecular formula is C11H18O3. The molecule has 0 fully saturated rings. The van der Waals surface area contributed by atoms with Gasteiger partial charge in [0.1, 0.15) is 0 Å². The van der Waals surface area contributed by atoms with Crippen LogP contribution in [0.2, 0.25) is 0 Å². The van der Waals surface area contributed by atoms with Crippen molar-refractivity contribution in [2.45, 2.75) is 34.6 Å². The summed E-state index contributed by atoms with van der Waals surface area (Å²) in [7, 11) is 0. The molecular weight excluding hydrogens is 180 g/mol. The number of hydrogen-bond acceptors (Lipinski definition) is 3. The van der Waals surface area contributed by atoms with Gasteiger partial charge in [0.25, 0.3) is 0 Å². The van der Waals surface area contributed by atoms with E-state index in [2.05, 4.69) is 0 Å². The summed E-state index contributed by atoms with van der Waals surface area (Å²) in [6, 6.07) is 0. The molecule has 1 rings (SSSR count). The van der Waals surface area contributed by atoms with Crippen LogP contribution in [0.1, 0.15) is 30.5 Å². The van der Waals surface area contributed by atoms with Crippen LogP contribution in [0.3, 0.4) is 0 Å². The molecule has 0 aliphatic rings. The Morgan fingerprint density at radius 3 is 1.14 bits per heavy atom. The summed E-state index contributed by atoms with van der Waals surface area (Å²) in [6.07, 6.45) is 0. The molecule has 0 spiro atoms. The van der Waals surface area contributed by atoms with Crippen LogP contribution >= 0.6 is 0 Å². The molecule has 0 aromatic heterocycles. The highest BCUT2D eigenvalue weighted by atomic mass is 16.3. The summed E-state index contributed by atoms with van der Waals surface area (Å²) in [5, 5.41) is 27.8. The van der Waals surface area contributed by atoms with Gasteiger partial charge in [-0.2, -0.15) is 0 Å². The summed E-state index contributed by atoms with van der Waals surface area (Å²) >= 11 is 0. The third kappa shape index (κ3) is 1.92. The fraction of sp³-hybridized carbons (Fsp3) is 0.455. The summed E-state index contributed by atoms with van der Waals surface area (Å²) in [5.41, 5.74) is 1.99. The average molecular weight is 198 g/mol. The first-order chi connectivity index (χ1) is 6.46. The van der Waals surface area contributed by atoms with Gasteiger partial charge in [0.05, 0.1) is 0 Å². The monoisotopic (exact) mass is 198 g/mol. The van der Waals surface area contributed by atoms with Crippen molar-refractivity contribution in [3.8, 4) is 17.2 Å². The standard InChI is InChI=1S/C9H12O3.C2H6/c1-4-5(2)7(10)9(12)8(11)6(4)3;1-2/h10-12H,1-3H3;1-2H3. The van der Waals surface area contributed by atoms with Crippen LogP contribution in [0, 0.1) is 20.8 Å². The molecule has 0 saturated heterocycles. The molecule has 0 saturated carbocycles. The Labute approximate surface area is 84.6 Å². The van der Waals surface area contributed by atoms with Crippen LogP contribution in [0.4, 0.5) is 0 Å². The van der Waals surface area contributed by atoms with E-state index in [0.29, 0.717) is 11.1 Å². The number of hydrogen-bond donors (Lipinski definition) is 3. The molecule has 0 aliphatic heterocycles. The zero-order valence-corrected chi connectivity index (χ0v) is 9.34. The van der Waals surface area contributed by atoms with E-state index in [-0.39, 0.29) is 11.5 Å². The van der Waals surface area contributed by atoms with E-state index in [9.17, 15) is 15.3 Å². The summed E-state index contributed by atoms with van der Waals surface area (Å²) < 4.78 is 0. The first kappa shape index (κ1) is 12.6. The molecule has 14 heavy (non-hydrogen) atoms. The Hall–Kier alpha value is -1.38. The predicted molar refractivity (Wildman–Crippen MR) is 57.0 cm³/mol. The number of aromatic hydroxyl groups is 3. The maximum absolute atomic E-state index is 9.28. The molecule has 0 bridgehead atoms. The Morgan fingerprint density at radius 2 is 0.857 bits per heavy atom. The van der Waals surface area contributed by atoms with Crippen molar-refractivity contribution in [3.05, 3.63) is 16.7 Å². The van der Waals surface area contributed by atoms with Gasteiger partial charge in [-0.3, -0.25) is 0 Å². The van der Waals surface area contributed by atoms with Gasteiger partial charge in [-0.1, -0.05) is 13.8 Å². The van der Waals surface area contributed by atoms with Crippen LogP contribution in [-0.2, 0) is 0 Å². The van der Waals surface area contributed by atoms with Gasteiger partial charge in [-0.25, -0.2) is 0 Å². The molecule has 1 aromatic carbocycles. The topological polar surface area (TPSA) is 60.7 Å². The van der Waals surface area contributed by atoms with E-state index < -0.39 is 5.75 Å². The summed E-state index contributed by atoms with van der Waals surface area (Å²) in [4.78, 5) is 0. The zero-order valence-electron chi connectivity index (χ0n) is 9.34. The molecule has 1 aromatic rings. The second-order valence-corrected chi connectivity index (χ2v) is 2.92. The first-order valence-corrected chi connectivity index (χ1v) is 4.67. The fourth-order valence-electron chi connectivity index (χ4n) is 1.10. The fourth-order valence-corrected chi connectivity index (χ4v) is 1.10. The number of benzene rings is 1. The third-order valence-electron chi connectivity index (χ3n) is 2.28. The van der Waals surface area contributed by atoms with Gasteiger partial charge in [0.2, 0.25) is 5.75 Å².